The molecule has 2 atom stereocenters. The maximum absolute atomic E-state index is 13.4. The number of nitrogens with zero attached hydrogens (tertiary/aromatic N) is 2. The van der Waals surface area contributed by atoms with Gasteiger partial charge in [0.05, 0.1) is 17.3 Å². The Bertz CT molecular complexity index is 1380. The summed E-state index contributed by atoms with van der Waals surface area (Å²) >= 11 is 0. The third kappa shape index (κ3) is 5.57. The molecule has 2 aliphatic rings. The average molecular weight is 508 g/mol. The van der Waals surface area contributed by atoms with E-state index in [0.29, 0.717) is 11.3 Å². The topological polar surface area (TPSA) is 88.1 Å². The van der Waals surface area contributed by atoms with Crippen molar-refractivity contribution in [3.05, 3.63) is 107 Å². The van der Waals surface area contributed by atoms with Crippen LogP contribution in [0.3, 0.4) is 0 Å². The van der Waals surface area contributed by atoms with Crippen LogP contribution in [0.5, 0.6) is 0 Å². The molecule has 1 aliphatic heterocycles. The van der Waals surface area contributed by atoms with E-state index in [9.17, 15) is 14.4 Å². The molecule has 2 unspecified atom stereocenters. The van der Waals surface area contributed by atoms with Crippen LogP contribution in [0.15, 0.2) is 95.6 Å². The molecule has 1 aliphatic carbocycles. The van der Waals surface area contributed by atoms with Crippen LogP contribution in [0.2, 0.25) is 0 Å². The zero-order chi connectivity index (χ0) is 26.5. The second-order valence-electron chi connectivity index (χ2n) is 9.49. The van der Waals surface area contributed by atoms with Crippen LogP contribution in [0.1, 0.15) is 53.7 Å². The molecule has 3 aromatic rings. The van der Waals surface area contributed by atoms with Crippen LogP contribution < -0.4 is 5.32 Å². The van der Waals surface area contributed by atoms with E-state index in [2.05, 4.69) is 23.5 Å². The molecular formula is C31H29N3O4. The van der Waals surface area contributed by atoms with Gasteiger partial charge in [-0.3, -0.25) is 9.59 Å². The predicted octanol–water partition coefficient (Wildman–Crippen LogP) is 5.63. The molecule has 1 heterocycles. The zero-order valence-electron chi connectivity index (χ0n) is 21.2. The Labute approximate surface area is 221 Å². The van der Waals surface area contributed by atoms with E-state index in [4.69, 9.17) is 9.84 Å². The van der Waals surface area contributed by atoms with E-state index in [1.165, 1.54) is 11.9 Å². The van der Waals surface area contributed by atoms with Gasteiger partial charge in [-0.2, -0.15) is 5.10 Å². The predicted molar refractivity (Wildman–Crippen MR) is 146 cm³/mol. The molecule has 0 spiro atoms. The highest BCUT2D eigenvalue weighted by molar-refractivity contribution is 6.08. The fraction of sp³-hybridized carbons (Fsp3) is 0.226. The lowest BCUT2D eigenvalue weighted by atomic mass is 9.77. The first kappa shape index (κ1) is 25.1. The van der Waals surface area contributed by atoms with E-state index >= 15 is 0 Å². The van der Waals surface area contributed by atoms with Crippen LogP contribution in [-0.2, 0) is 14.3 Å². The van der Waals surface area contributed by atoms with Crippen LogP contribution in [0, 0.1) is 5.92 Å². The Morgan fingerprint density at radius 2 is 1.66 bits per heavy atom. The zero-order valence-corrected chi connectivity index (χ0v) is 21.2. The lowest BCUT2D eigenvalue weighted by molar-refractivity contribution is -0.137. The normalized spacial score (nSPS) is 19.4. The number of carbonyl (C=O) groups is 3. The van der Waals surface area contributed by atoms with Crippen molar-refractivity contribution in [3.63, 3.8) is 0 Å². The van der Waals surface area contributed by atoms with Gasteiger partial charge in [0, 0.05) is 18.5 Å². The summed E-state index contributed by atoms with van der Waals surface area (Å²) in [6, 6.07) is 26.1. The molecule has 0 saturated heterocycles. The standard InChI is InChI=1S/C31H29N3O4/c1-21(35)32-26-17-15-24(16-18-26)31(37)38-20-28(36)34-30(23-11-6-3-7-12-23)27-14-8-13-25(29(27)33-34)19-22-9-4-2-5-10-22/h2-7,9-12,15-19,27,30H,8,13-14,20H2,1H3,(H,32,35). The summed E-state index contributed by atoms with van der Waals surface area (Å²) in [6.45, 7) is 0.992. The van der Waals surface area contributed by atoms with E-state index in [0.717, 1.165) is 41.7 Å². The van der Waals surface area contributed by atoms with Crippen molar-refractivity contribution in [1.82, 2.24) is 5.01 Å². The molecule has 5 rings (SSSR count). The van der Waals surface area contributed by atoms with Crippen LogP contribution in [0.25, 0.3) is 6.08 Å². The third-order valence-corrected chi connectivity index (χ3v) is 6.81. The minimum absolute atomic E-state index is 0.0714. The number of rotatable bonds is 6. The Morgan fingerprint density at radius 3 is 2.34 bits per heavy atom. The van der Waals surface area contributed by atoms with Crippen molar-refractivity contribution in [2.45, 2.75) is 32.2 Å². The van der Waals surface area contributed by atoms with Crippen molar-refractivity contribution in [3.8, 4) is 0 Å². The molecule has 7 heteroatoms. The molecule has 1 N–H and O–H groups in total. The number of nitrogens with one attached hydrogen (secondary N) is 1. The largest absolute Gasteiger partial charge is 0.452 e. The quantitative estimate of drug-likeness (QED) is 0.439. The fourth-order valence-corrected chi connectivity index (χ4v) is 5.11. The number of fused-ring (bicyclic) bond motifs is 1. The number of hydrogen-bond acceptors (Lipinski definition) is 5. The van der Waals surface area contributed by atoms with E-state index in [-0.39, 0.29) is 23.8 Å². The Hall–Kier alpha value is -4.52. The van der Waals surface area contributed by atoms with Gasteiger partial charge in [-0.25, -0.2) is 9.80 Å². The number of carbonyl (C=O) groups excluding carboxylic acids is 3. The van der Waals surface area contributed by atoms with Crippen LogP contribution >= 0.6 is 0 Å². The number of hydrogen-bond donors (Lipinski definition) is 1. The Morgan fingerprint density at radius 1 is 0.974 bits per heavy atom. The summed E-state index contributed by atoms with van der Waals surface area (Å²) in [4.78, 5) is 37.3. The molecule has 38 heavy (non-hydrogen) atoms. The summed E-state index contributed by atoms with van der Waals surface area (Å²) in [5.74, 6) is -1.11. The number of amides is 2. The summed E-state index contributed by atoms with van der Waals surface area (Å²) in [5, 5.41) is 8.99. The van der Waals surface area contributed by atoms with Crippen LogP contribution in [-0.4, -0.2) is 35.1 Å². The monoisotopic (exact) mass is 507 g/mol. The maximum atomic E-state index is 13.4. The van der Waals surface area contributed by atoms with Crippen molar-refractivity contribution in [2.24, 2.45) is 11.0 Å². The van der Waals surface area contributed by atoms with Crippen molar-refractivity contribution >= 4 is 35.3 Å². The number of ether oxygens (including phenoxy) is 1. The SMILES string of the molecule is CC(=O)Nc1ccc(C(=O)OCC(=O)N2N=C3C(=Cc4ccccc4)CCCC3C2c2ccccc2)cc1. The minimum atomic E-state index is -0.613. The molecule has 0 aromatic heterocycles. The number of benzene rings is 3. The first-order chi connectivity index (χ1) is 18.5. The number of esters is 1. The lowest BCUT2D eigenvalue weighted by Crippen LogP contribution is -2.34. The molecule has 192 valence electrons. The lowest BCUT2D eigenvalue weighted by Gasteiger charge is -2.29. The smallest absolute Gasteiger partial charge is 0.338 e. The molecular weight excluding hydrogens is 478 g/mol. The second-order valence-corrected chi connectivity index (χ2v) is 9.49. The van der Waals surface area contributed by atoms with Crippen LogP contribution in [0.4, 0.5) is 5.69 Å². The molecule has 0 bridgehead atoms. The van der Waals surface area contributed by atoms with Gasteiger partial charge < -0.3 is 10.1 Å². The highest BCUT2D eigenvalue weighted by atomic mass is 16.5. The summed E-state index contributed by atoms with van der Waals surface area (Å²) in [7, 11) is 0. The van der Waals surface area contributed by atoms with E-state index < -0.39 is 12.6 Å². The Balaban J connectivity index is 1.36. The molecule has 3 aromatic carbocycles. The second kappa shape index (κ2) is 11.3. The summed E-state index contributed by atoms with van der Waals surface area (Å²) in [6.07, 6.45) is 4.99. The maximum Gasteiger partial charge on any atom is 0.338 e. The summed E-state index contributed by atoms with van der Waals surface area (Å²) in [5.41, 5.74) is 5.05. The number of allylic oxidation sites excluding steroid dienone is 1. The van der Waals surface area contributed by atoms with Gasteiger partial charge in [-0.15, -0.1) is 0 Å². The molecule has 1 saturated carbocycles. The summed E-state index contributed by atoms with van der Waals surface area (Å²) < 4.78 is 5.38. The van der Waals surface area contributed by atoms with Gasteiger partial charge in [0.25, 0.3) is 5.91 Å². The van der Waals surface area contributed by atoms with Gasteiger partial charge in [0.15, 0.2) is 6.61 Å². The van der Waals surface area contributed by atoms with Gasteiger partial charge in [-0.05, 0) is 66.3 Å². The molecule has 7 nitrogen and oxygen atoms in total. The molecule has 0 radical (unpaired) electrons. The number of anilines is 1. The van der Waals surface area contributed by atoms with E-state index in [1.54, 1.807) is 24.3 Å². The van der Waals surface area contributed by atoms with Crippen molar-refractivity contribution in [1.29, 1.82) is 0 Å². The Kier molecular flexibility index (Phi) is 7.45. The minimum Gasteiger partial charge on any atom is -0.452 e. The highest BCUT2D eigenvalue weighted by Crippen LogP contribution is 2.44. The van der Waals surface area contributed by atoms with Gasteiger partial charge in [-0.1, -0.05) is 60.7 Å². The van der Waals surface area contributed by atoms with Gasteiger partial charge in [0.2, 0.25) is 5.91 Å². The van der Waals surface area contributed by atoms with Crippen molar-refractivity contribution < 1.29 is 19.1 Å². The fourth-order valence-electron chi connectivity index (χ4n) is 5.11. The van der Waals surface area contributed by atoms with Gasteiger partial charge >= 0.3 is 5.97 Å². The first-order valence-corrected chi connectivity index (χ1v) is 12.8. The van der Waals surface area contributed by atoms with Crippen molar-refractivity contribution in [2.75, 3.05) is 11.9 Å². The molecule has 2 amide bonds. The third-order valence-electron chi connectivity index (χ3n) is 6.81. The van der Waals surface area contributed by atoms with Gasteiger partial charge in [0.1, 0.15) is 0 Å². The van der Waals surface area contributed by atoms with E-state index in [1.807, 2.05) is 48.5 Å². The number of hydrazone groups is 1. The average Bonchev–Trinajstić information content (AvgIpc) is 3.33. The molecule has 1 fully saturated rings. The first-order valence-electron chi connectivity index (χ1n) is 12.8. The highest BCUT2D eigenvalue weighted by Gasteiger charge is 2.43.